The molecule has 0 fully saturated rings. The number of nitrogens with zero attached hydrogens (tertiary/aromatic N) is 2. The van der Waals surface area contributed by atoms with Gasteiger partial charge in [0.2, 0.25) is 0 Å². The van der Waals surface area contributed by atoms with Crippen LogP contribution in [0.1, 0.15) is 18.3 Å². The van der Waals surface area contributed by atoms with E-state index in [0.29, 0.717) is 16.9 Å². The minimum absolute atomic E-state index is 0. The summed E-state index contributed by atoms with van der Waals surface area (Å²) in [4.78, 5) is 12.6. The smallest absolute Gasteiger partial charge is 0.777 e. The van der Waals surface area contributed by atoms with Gasteiger partial charge in [-0.15, -0.1) is 0 Å². The molecule has 0 aliphatic carbocycles. The molecule has 0 radical (unpaired) electrons. The number of benzene rings is 3. The molecule has 0 amide bonds. The van der Waals surface area contributed by atoms with Crippen molar-refractivity contribution < 1.29 is 43.5 Å². The van der Waals surface area contributed by atoms with Crippen LogP contribution >= 0.6 is 7.60 Å². The molecule has 0 bridgehead atoms. The van der Waals surface area contributed by atoms with Crippen LogP contribution < -0.4 is 39.8 Å². The molecule has 2 unspecified atom stereocenters. The summed E-state index contributed by atoms with van der Waals surface area (Å²) in [5.74, 6) is -0.981. The Hall–Kier alpha value is -1.79. The van der Waals surface area contributed by atoms with Gasteiger partial charge in [-0.2, -0.15) is 10.2 Å². The van der Waals surface area contributed by atoms with E-state index in [1.54, 1.807) is 55.5 Å². The summed E-state index contributed by atoms with van der Waals surface area (Å²) >= 11 is 0. The van der Waals surface area contributed by atoms with Crippen molar-refractivity contribution in [3.8, 4) is 0 Å². The van der Waals surface area contributed by atoms with Crippen molar-refractivity contribution in [3.05, 3.63) is 90.5 Å². The first-order valence-corrected chi connectivity index (χ1v) is 10.5. The Balaban J connectivity index is 0.00000300. The molecular formula is C21H21N3NaO3P. The third kappa shape index (κ3) is 6.89. The van der Waals surface area contributed by atoms with Gasteiger partial charge in [0.05, 0.1) is 18.0 Å². The average Bonchev–Trinajstić information content (AvgIpc) is 2.72. The number of azo groups is 1. The van der Waals surface area contributed by atoms with Crippen LogP contribution in [0.2, 0.25) is 0 Å². The monoisotopic (exact) mass is 417 g/mol. The molecule has 3 aromatic rings. The Labute approximate surface area is 192 Å². The van der Waals surface area contributed by atoms with Crippen LogP contribution in [0.5, 0.6) is 0 Å². The van der Waals surface area contributed by atoms with E-state index >= 15 is 0 Å². The van der Waals surface area contributed by atoms with Gasteiger partial charge in [0, 0.05) is 5.69 Å². The standard InChI is InChI=1S/C21H22N3O3P.Na/c1-2-27-28(25,26)21(17-9-5-3-6-10-17)22-18-13-15-20(16-14-18)24-23-19-11-7-4-8-12-19;/h3-16,21-22H,2H2,1H3,(H,25,26);/q;+1/p-1. The molecule has 0 heterocycles. The number of nitrogens with one attached hydrogen (secondary N) is 1. The van der Waals surface area contributed by atoms with Crippen molar-refractivity contribution in [3.63, 3.8) is 0 Å². The summed E-state index contributed by atoms with van der Waals surface area (Å²) in [5.41, 5.74) is 2.68. The molecule has 2 atom stereocenters. The fourth-order valence-electron chi connectivity index (χ4n) is 2.63. The molecule has 3 rings (SSSR count). The summed E-state index contributed by atoms with van der Waals surface area (Å²) < 4.78 is 17.6. The van der Waals surface area contributed by atoms with E-state index in [0.717, 1.165) is 5.69 Å². The maximum atomic E-state index is 12.6. The van der Waals surface area contributed by atoms with E-state index < -0.39 is 13.4 Å². The molecular weight excluding hydrogens is 396 g/mol. The Bertz CT molecular complexity index is 954. The molecule has 29 heavy (non-hydrogen) atoms. The molecule has 144 valence electrons. The number of hydrogen-bond acceptors (Lipinski definition) is 6. The van der Waals surface area contributed by atoms with E-state index in [1.165, 1.54) is 0 Å². The van der Waals surface area contributed by atoms with Gasteiger partial charge in [0.25, 0.3) is 0 Å². The molecule has 8 heteroatoms. The summed E-state index contributed by atoms with van der Waals surface area (Å²) in [6, 6.07) is 25.4. The van der Waals surface area contributed by atoms with Gasteiger partial charge in [-0.1, -0.05) is 48.5 Å². The Morgan fingerprint density at radius 1 is 0.897 bits per heavy atom. The van der Waals surface area contributed by atoms with E-state index in [9.17, 15) is 9.46 Å². The van der Waals surface area contributed by atoms with Crippen molar-refractivity contribution >= 4 is 24.7 Å². The SMILES string of the molecule is CCOP(=O)([O-])C(Nc1ccc(N=Nc2ccccc2)cc1)c1ccccc1.[Na+]. The molecule has 1 N–H and O–H groups in total. The van der Waals surface area contributed by atoms with Crippen molar-refractivity contribution in [2.45, 2.75) is 12.7 Å². The van der Waals surface area contributed by atoms with Gasteiger partial charge in [-0.25, -0.2) is 0 Å². The second-order valence-electron chi connectivity index (χ2n) is 6.00. The first-order valence-electron chi connectivity index (χ1n) is 8.92. The maximum absolute atomic E-state index is 12.6. The molecule has 0 aliphatic heterocycles. The summed E-state index contributed by atoms with van der Waals surface area (Å²) in [6.45, 7) is 1.74. The van der Waals surface area contributed by atoms with Gasteiger partial charge in [0.1, 0.15) is 5.78 Å². The first kappa shape index (κ1) is 23.5. The van der Waals surface area contributed by atoms with E-state index in [2.05, 4.69) is 15.5 Å². The summed E-state index contributed by atoms with van der Waals surface area (Å²) in [6.07, 6.45) is 0. The quantitative estimate of drug-likeness (QED) is 0.347. The second-order valence-corrected chi connectivity index (χ2v) is 7.85. The minimum atomic E-state index is -4.16. The van der Waals surface area contributed by atoms with E-state index in [4.69, 9.17) is 4.52 Å². The van der Waals surface area contributed by atoms with Crippen LogP contribution in [-0.4, -0.2) is 6.61 Å². The largest absolute Gasteiger partial charge is 1.00 e. The summed E-state index contributed by atoms with van der Waals surface area (Å²) in [7, 11) is -4.16. The van der Waals surface area contributed by atoms with Crippen LogP contribution in [0, 0.1) is 0 Å². The molecule has 0 aromatic heterocycles. The number of rotatable bonds is 8. The third-order valence-electron chi connectivity index (χ3n) is 3.95. The first-order chi connectivity index (χ1) is 13.6. The molecule has 0 saturated heterocycles. The van der Waals surface area contributed by atoms with Gasteiger partial charge in [0.15, 0.2) is 7.60 Å². The van der Waals surface area contributed by atoms with Gasteiger partial charge in [-0.3, -0.25) is 0 Å². The summed E-state index contributed by atoms with van der Waals surface area (Å²) in [5, 5.41) is 11.4. The molecule has 0 spiro atoms. The fraction of sp³-hybridized carbons (Fsp3) is 0.143. The zero-order chi connectivity index (χ0) is 19.8. The molecule has 6 nitrogen and oxygen atoms in total. The van der Waals surface area contributed by atoms with Crippen LogP contribution in [0.4, 0.5) is 17.1 Å². The van der Waals surface area contributed by atoms with Crippen molar-refractivity contribution in [1.29, 1.82) is 0 Å². The molecule has 3 aromatic carbocycles. The second kappa shape index (κ2) is 11.4. The Morgan fingerprint density at radius 3 is 1.97 bits per heavy atom. The van der Waals surface area contributed by atoms with Crippen LogP contribution in [-0.2, 0) is 9.09 Å². The van der Waals surface area contributed by atoms with Gasteiger partial charge < -0.3 is 19.3 Å². The van der Waals surface area contributed by atoms with Crippen molar-refractivity contribution in [2.24, 2.45) is 10.2 Å². The van der Waals surface area contributed by atoms with Gasteiger partial charge >= 0.3 is 29.6 Å². The zero-order valence-corrected chi connectivity index (χ0v) is 19.3. The van der Waals surface area contributed by atoms with Crippen LogP contribution in [0.15, 0.2) is 95.2 Å². The molecule has 0 saturated carbocycles. The number of anilines is 1. The topological polar surface area (TPSA) is 86.1 Å². The van der Waals surface area contributed by atoms with Crippen LogP contribution in [0.3, 0.4) is 0 Å². The Kier molecular flexibility index (Phi) is 9.24. The van der Waals surface area contributed by atoms with E-state index in [-0.39, 0.29) is 36.2 Å². The minimum Gasteiger partial charge on any atom is -0.777 e. The van der Waals surface area contributed by atoms with Crippen LogP contribution in [0.25, 0.3) is 0 Å². The van der Waals surface area contributed by atoms with E-state index in [1.807, 2.05) is 36.4 Å². The molecule has 0 aliphatic rings. The Morgan fingerprint density at radius 2 is 1.41 bits per heavy atom. The van der Waals surface area contributed by atoms with Crippen molar-refractivity contribution in [2.75, 3.05) is 11.9 Å². The predicted molar refractivity (Wildman–Crippen MR) is 109 cm³/mol. The zero-order valence-electron chi connectivity index (χ0n) is 16.4. The average molecular weight is 417 g/mol. The maximum Gasteiger partial charge on any atom is 1.00 e. The fourth-order valence-corrected chi connectivity index (χ4v) is 3.98. The number of hydrogen-bond donors (Lipinski definition) is 1. The predicted octanol–water partition coefficient (Wildman–Crippen LogP) is 2.81. The van der Waals surface area contributed by atoms with Crippen molar-refractivity contribution in [1.82, 2.24) is 0 Å². The normalized spacial score (nSPS) is 14.0. The third-order valence-corrected chi connectivity index (χ3v) is 5.63. The van der Waals surface area contributed by atoms with Gasteiger partial charge in [-0.05, 0) is 48.9 Å².